The van der Waals surface area contributed by atoms with Gasteiger partial charge in [0, 0.05) is 5.56 Å². The molecule has 0 amide bonds. The first-order valence-electron chi connectivity index (χ1n) is 11.2. The van der Waals surface area contributed by atoms with Crippen LogP contribution in [0.1, 0.15) is 23.0 Å². The van der Waals surface area contributed by atoms with Gasteiger partial charge in [0.25, 0.3) is 0 Å². The Morgan fingerprint density at radius 2 is 1.30 bits per heavy atom. The summed E-state index contributed by atoms with van der Waals surface area (Å²) in [4.78, 5) is 0. The zero-order valence-corrected chi connectivity index (χ0v) is 18.2. The number of aliphatic hydroxyl groups excluding tert-OH is 1. The van der Waals surface area contributed by atoms with Crippen molar-refractivity contribution in [1.82, 2.24) is 0 Å². The molecule has 1 N–H and O–H groups in total. The summed E-state index contributed by atoms with van der Waals surface area (Å²) in [5.74, 6) is 0. The molecular weight excluding hydrogens is 420 g/mol. The molecule has 5 rings (SSSR count). The molecule has 6 heteroatoms. The molecule has 2 fully saturated rings. The summed E-state index contributed by atoms with van der Waals surface area (Å²) in [6.07, 6.45) is -3.98. The summed E-state index contributed by atoms with van der Waals surface area (Å²) < 4.78 is 30.5. The van der Waals surface area contributed by atoms with Crippen molar-refractivity contribution in [2.75, 3.05) is 6.61 Å². The van der Waals surface area contributed by atoms with Crippen molar-refractivity contribution >= 4 is 0 Å². The summed E-state index contributed by atoms with van der Waals surface area (Å²) in [5.41, 5.74) is 2.92. The summed E-state index contributed by atoms with van der Waals surface area (Å²) in [6, 6.07) is 29.4. The van der Waals surface area contributed by atoms with Crippen LogP contribution in [0.2, 0.25) is 0 Å². The van der Waals surface area contributed by atoms with Gasteiger partial charge in [-0.25, -0.2) is 0 Å². The fraction of sp³-hybridized carbons (Fsp3) is 0.333. The Kier molecular flexibility index (Phi) is 7.12. The Morgan fingerprint density at radius 3 is 1.94 bits per heavy atom. The molecule has 33 heavy (non-hydrogen) atoms. The first kappa shape index (κ1) is 22.2. The molecule has 3 aromatic carbocycles. The van der Waals surface area contributed by atoms with Crippen LogP contribution in [0.15, 0.2) is 91.0 Å². The van der Waals surface area contributed by atoms with Crippen LogP contribution < -0.4 is 0 Å². The van der Waals surface area contributed by atoms with Gasteiger partial charge in [-0.05, 0) is 11.1 Å². The molecule has 172 valence electrons. The van der Waals surface area contributed by atoms with Crippen LogP contribution in [0.5, 0.6) is 0 Å². The van der Waals surface area contributed by atoms with Crippen molar-refractivity contribution in [1.29, 1.82) is 0 Å². The van der Waals surface area contributed by atoms with E-state index in [0.29, 0.717) is 19.8 Å². The molecule has 0 aliphatic carbocycles. The molecule has 6 atom stereocenters. The highest BCUT2D eigenvalue weighted by Crippen LogP contribution is 2.36. The lowest BCUT2D eigenvalue weighted by atomic mass is 9.97. The van der Waals surface area contributed by atoms with Gasteiger partial charge in [0.1, 0.15) is 24.4 Å². The van der Waals surface area contributed by atoms with E-state index in [2.05, 4.69) is 0 Å². The zero-order valence-electron chi connectivity index (χ0n) is 18.2. The molecule has 6 nitrogen and oxygen atoms in total. The Balaban J connectivity index is 1.32. The third-order valence-corrected chi connectivity index (χ3v) is 5.92. The van der Waals surface area contributed by atoms with E-state index in [-0.39, 0.29) is 0 Å². The maximum absolute atomic E-state index is 11.2. The van der Waals surface area contributed by atoms with Crippen molar-refractivity contribution in [3.05, 3.63) is 108 Å². The van der Waals surface area contributed by atoms with E-state index < -0.39 is 37.0 Å². The Bertz CT molecular complexity index is 983. The van der Waals surface area contributed by atoms with Crippen molar-refractivity contribution in [3.63, 3.8) is 0 Å². The number of ether oxygens (including phenoxy) is 5. The normalized spacial score (nSPS) is 29.4. The summed E-state index contributed by atoms with van der Waals surface area (Å²) in [5, 5.41) is 11.2. The first-order chi connectivity index (χ1) is 16.3. The minimum absolute atomic E-state index is 0.313. The highest BCUT2D eigenvalue weighted by atomic mass is 16.8. The Morgan fingerprint density at radius 1 is 0.727 bits per heavy atom. The number of hydrogen-bond donors (Lipinski definition) is 1. The third-order valence-electron chi connectivity index (χ3n) is 5.92. The lowest BCUT2D eigenvalue weighted by Gasteiger charge is -2.47. The van der Waals surface area contributed by atoms with Crippen LogP contribution >= 0.6 is 0 Å². The lowest BCUT2D eigenvalue weighted by Crippen LogP contribution is -2.62. The van der Waals surface area contributed by atoms with Gasteiger partial charge in [-0.3, -0.25) is 0 Å². The van der Waals surface area contributed by atoms with E-state index >= 15 is 0 Å². The van der Waals surface area contributed by atoms with E-state index in [0.717, 1.165) is 16.7 Å². The molecule has 0 spiro atoms. The van der Waals surface area contributed by atoms with Gasteiger partial charge in [-0.1, -0.05) is 91.0 Å². The fourth-order valence-corrected chi connectivity index (χ4v) is 4.19. The van der Waals surface area contributed by atoms with Crippen LogP contribution in [-0.2, 0) is 36.9 Å². The molecule has 2 aliphatic heterocycles. The summed E-state index contributed by atoms with van der Waals surface area (Å²) >= 11 is 0. The van der Waals surface area contributed by atoms with Gasteiger partial charge < -0.3 is 28.8 Å². The van der Waals surface area contributed by atoms with Crippen LogP contribution in [0.4, 0.5) is 0 Å². The highest BCUT2D eigenvalue weighted by molar-refractivity contribution is 5.17. The number of aliphatic hydroxyl groups is 1. The summed E-state index contributed by atoms with van der Waals surface area (Å²) in [7, 11) is 0. The Hall–Kier alpha value is -2.58. The van der Waals surface area contributed by atoms with E-state index in [4.69, 9.17) is 23.7 Å². The van der Waals surface area contributed by atoms with Gasteiger partial charge in [-0.15, -0.1) is 0 Å². The van der Waals surface area contributed by atoms with Gasteiger partial charge in [0.05, 0.1) is 19.8 Å². The molecule has 0 radical (unpaired) electrons. The van der Waals surface area contributed by atoms with Gasteiger partial charge >= 0.3 is 0 Å². The number of fused-ring (bicyclic) bond motifs is 1. The molecule has 3 unspecified atom stereocenters. The van der Waals surface area contributed by atoms with E-state index in [1.54, 1.807) is 0 Å². The standard InChI is InChI=1S/C27H28O6/c28-23-25(29-16-19-10-4-1-5-11-19)24-22(18-31-26(33-24)21-14-8-3-9-15-21)32-27(23)30-17-20-12-6-2-7-13-20/h1-15,22-28H,16-18H2/t22?,23?,24-,25+,26?,27+/m1/s1. The van der Waals surface area contributed by atoms with Crippen LogP contribution in [0.25, 0.3) is 0 Å². The van der Waals surface area contributed by atoms with Crippen molar-refractivity contribution < 1.29 is 28.8 Å². The third kappa shape index (κ3) is 5.33. The second kappa shape index (κ2) is 10.6. The average Bonchev–Trinajstić information content (AvgIpc) is 2.88. The average molecular weight is 449 g/mol. The van der Waals surface area contributed by atoms with Gasteiger partial charge in [0.15, 0.2) is 12.6 Å². The minimum atomic E-state index is -1.02. The monoisotopic (exact) mass is 448 g/mol. The molecule has 0 bridgehead atoms. The van der Waals surface area contributed by atoms with Crippen LogP contribution in [0, 0.1) is 0 Å². The minimum Gasteiger partial charge on any atom is -0.385 e. The van der Waals surface area contributed by atoms with E-state index in [1.807, 2.05) is 91.0 Å². The highest BCUT2D eigenvalue weighted by Gasteiger charge is 2.50. The number of hydrogen-bond acceptors (Lipinski definition) is 6. The molecule has 2 heterocycles. The number of benzene rings is 3. The maximum Gasteiger partial charge on any atom is 0.187 e. The van der Waals surface area contributed by atoms with Crippen LogP contribution in [-0.4, -0.2) is 42.4 Å². The topological polar surface area (TPSA) is 66.4 Å². The van der Waals surface area contributed by atoms with Crippen molar-refractivity contribution in [2.45, 2.75) is 50.2 Å². The smallest absolute Gasteiger partial charge is 0.187 e. The van der Waals surface area contributed by atoms with Gasteiger partial charge in [-0.2, -0.15) is 0 Å². The molecule has 0 aromatic heterocycles. The van der Waals surface area contributed by atoms with Crippen LogP contribution in [0.3, 0.4) is 0 Å². The predicted octanol–water partition coefficient (Wildman–Crippen LogP) is 3.99. The van der Waals surface area contributed by atoms with Crippen molar-refractivity contribution in [2.24, 2.45) is 0 Å². The SMILES string of the molecule is OC1[C@@H](OCc2ccccc2)OC2COC(c3ccccc3)O[C@H]2[C@H]1OCc1ccccc1. The van der Waals surface area contributed by atoms with Gasteiger partial charge in [0.2, 0.25) is 0 Å². The largest absolute Gasteiger partial charge is 0.385 e. The Labute approximate surface area is 193 Å². The first-order valence-corrected chi connectivity index (χ1v) is 11.2. The quantitative estimate of drug-likeness (QED) is 0.590. The zero-order chi connectivity index (χ0) is 22.5. The number of rotatable bonds is 7. The molecular formula is C27H28O6. The fourth-order valence-electron chi connectivity index (χ4n) is 4.19. The predicted molar refractivity (Wildman–Crippen MR) is 121 cm³/mol. The molecule has 0 saturated carbocycles. The molecule has 3 aromatic rings. The summed E-state index contributed by atoms with van der Waals surface area (Å²) in [6.45, 7) is 0.977. The van der Waals surface area contributed by atoms with E-state index in [1.165, 1.54) is 0 Å². The molecule has 2 saturated heterocycles. The second-order valence-electron chi connectivity index (χ2n) is 8.27. The molecule has 2 aliphatic rings. The second-order valence-corrected chi connectivity index (χ2v) is 8.27. The van der Waals surface area contributed by atoms with Crippen molar-refractivity contribution in [3.8, 4) is 0 Å². The maximum atomic E-state index is 11.2. The lowest BCUT2D eigenvalue weighted by molar-refractivity contribution is -0.368. The van der Waals surface area contributed by atoms with E-state index in [9.17, 15) is 5.11 Å².